The Morgan fingerprint density at radius 3 is 2.43 bits per heavy atom. The van der Waals surface area contributed by atoms with Crippen LogP contribution in [0, 0.1) is 0 Å². The van der Waals surface area contributed by atoms with Gasteiger partial charge in [0.25, 0.3) is 0 Å². The zero-order chi connectivity index (χ0) is 21.1. The molecule has 0 unspecified atom stereocenters. The Morgan fingerprint density at radius 2 is 1.77 bits per heavy atom. The predicted molar refractivity (Wildman–Crippen MR) is 113 cm³/mol. The Bertz CT molecular complexity index is 1110. The quantitative estimate of drug-likeness (QED) is 0.554. The largest absolute Gasteiger partial charge is 0.494 e. The summed E-state index contributed by atoms with van der Waals surface area (Å²) in [6.07, 6.45) is 2.11. The number of rotatable bonds is 7. The number of hydrogen-bond donors (Lipinski definition) is 0. The first-order chi connectivity index (χ1) is 14.5. The van der Waals surface area contributed by atoms with Crippen molar-refractivity contribution in [2.24, 2.45) is 0 Å². The highest BCUT2D eigenvalue weighted by Gasteiger charge is 2.28. The van der Waals surface area contributed by atoms with Gasteiger partial charge in [0, 0.05) is 26.2 Å². The van der Waals surface area contributed by atoms with Crippen molar-refractivity contribution in [1.29, 1.82) is 0 Å². The molecule has 0 atom stereocenters. The fourth-order valence-electron chi connectivity index (χ4n) is 3.56. The molecule has 3 heterocycles. The molecule has 0 saturated carbocycles. The Hall–Kier alpha value is -2.79. The monoisotopic (exact) mass is 431 g/mol. The van der Waals surface area contributed by atoms with Crippen LogP contribution in [-0.2, 0) is 10.0 Å². The molecule has 1 fully saturated rings. The van der Waals surface area contributed by atoms with Crippen molar-refractivity contribution in [1.82, 2.24) is 29.3 Å². The fourth-order valence-corrected chi connectivity index (χ4v) is 5.05. The van der Waals surface area contributed by atoms with Crippen LogP contribution in [-0.4, -0.2) is 76.2 Å². The molecular formula is C19H25N7O3S. The van der Waals surface area contributed by atoms with E-state index in [0.717, 1.165) is 11.4 Å². The van der Waals surface area contributed by atoms with Gasteiger partial charge in [0.15, 0.2) is 17.0 Å². The van der Waals surface area contributed by atoms with E-state index in [1.807, 2.05) is 43.0 Å². The second-order valence-electron chi connectivity index (χ2n) is 7.00. The van der Waals surface area contributed by atoms with E-state index < -0.39 is 10.0 Å². The number of aromatic nitrogens is 5. The maximum absolute atomic E-state index is 12.3. The molecule has 0 N–H and O–H groups in total. The Morgan fingerprint density at radius 1 is 1.03 bits per heavy atom. The molecule has 4 rings (SSSR count). The zero-order valence-electron chi connectivity index (χ0n) is 17.1. The standard InChI is InChI=1S/C19H25N7O3S/c1-3-13-30(27,28)25-11-9-24(10-12-25)18-17-19(21-14-20-18)26(23-22-17)15-5-7-16(8-6-15)29-4-2/h5-8,14H,3-4,9-13H2,1-2H3. The number of fused-ring (bicyclic) bond motifs is 1. The zero-order valence-corrected chi connectivity index (χ0v) is 17.9. The average Bonchev–Trinajstić information content (AvgIpc) is 3.19. The minimum Gasteiger partial charge on any atom is -0.494 e. The molecule has 2 aromatic heterocycles. The number of piperazine rings is 1. The highest BCUT2D eigenvalue weighted by Crippen LogP contribution is 2.25. The van der Waals surface area contributed by atoms with Gasteiger partial charge in [-0.25, -0.2) is 18.4 Å². The number of ether oxygens (including phenoxy) is 1. The molecule has 0 amide bonds. The van der Waals surface area contributed by atoms with Crippen LogP contribution in [0.4, 0.5) is 5.82 Å². The van der Waals surface area contributed by atoms with E-state index in [4.69, 9.17) is 4.74 Å². The van der Waals surface area contributed by atoms with Gasteiger partial charge in [-0.15, -0.1) is 5.10 Å². The second kappa shape index (κ2) is 8.52. The molecule has 1 saturated heterocycles. The molecule has 10 nitrogen and oxygen atoms in total. The van der Waals surface area contributed by atoms with Crippen LogP contribution in [0.25, 0.3) is 16.9 Å². The molecule has 1 aliphatic heterocycles. The van der Waals surface area contributed by atoms with Gasteiger partial charge < -0.3 is 9.64 Å². The van der Waals surface area contributed by atoms with Crippen LogP contribution in [0.15, 0.2) is 30.6 Å². The number of sulfonamides is 1. The molecule has 11 heteroatoms. The Balaban J connectivity index is 1.57. The molecule has 3 aromatic rings. The smallest absolute Gasteiger partial charge is 0.214 e. The van der Waals surface area contributed by atoms with E-state index in [2.05, 4.69) is 20.3 Å². The van der Waals surface area contributed by atoms with Crippen molar-refractivity contribution in [3.63, 3.8) is 0 Å². The summed E-state index contributed by atoms with van der Waals surface area (Å²) in [6.45, 7) is 6.38. The molecule has 30 heavy (non-hydrogen) atoms. The van der Waals surface area contributed by atoms with Gasteiger partial charge >= 0.3 is 0 Å². The normalized spacial score (nSPS) is 15.6. The summed E-state index contributed by atoms with van der Waals surface area (Å²) in [7, 11) is -3.19. The van der Waals surface area contributed by atoms with Crippen molar-refractivity contribution in [3.05, 3.63) is 30.6 Å². The third-order valence-electron chi connectivity index (χ3n) is 5.00. The minimum absolute atomic E-state index is 0.182. The van der Waals surface area contributed by atoms with Crippen molar-refractivity contribution in [2.75, 3.05) is 43.4 Å². The first-order valence-corrected chi connectivity index (χ1v) is 11.7. The van der Waals surface area contributed by atoms with E-state index >= 15 is 0 Å². The lowest BCUT2D eigenvalue weighted by Gasteiger charge is -2.34. The van der Waals surface area contributed by atoms with Crippen LogP contribution in [0.2, 0.25) is 0 Å². The molecule has 0 aliphatic carbocycles. The van der Waals surface area contributed by atoms with Gasteiger partial charge in [-0.2, -0.15) is 8.99 Å². The topological polar surface area (TPSA) is 106 Å². The third-order valence-corrected chi connectivity index (χ3v) is 7.08. The van der Waals surface area contributed by atoms with E-state index in [0.29, 0.717) is 56.2 Å². The van der Waals surface area contributed by atoms with E-state index in [1.54, 1.807) is 8.99 Å². The number of anilines is 1. The maximum atomic E-state index is 12.3. The van der Waals surface area contributed by atoms with Gasteiger partial charge in [0.2, 0.25) is 10.0 Å². The van der Waals surface area contributed by atoms with E-state index in [-0.39, 0.29) is 5.75 Å². The van der Waals surface area contributed by atoms with Crippen LogP contribution in [0.5, 0.6) is 5.75 Å². The second-order valence-corrected chi connectivity index (χ2v) is 9.09. The number of hydrogen-bond acceptors (Lipinski definition) is 8. The molecule has 0 bridgehead atoms. The predicted octanol–water partition coefficient (Wildman–Crippen LogP) is 1.47. The SMILES string of the molecule is CCCS(=O)(=O)N1CCN(c2ncnc3c2nnn3-c2ccc(OCC)cc2)CC1. The third kappa shape index (κ3) is 3.94. The molecule has 0 radical (unpaired) electrons. The van der Waals surface area contributed by atoms with Gasteiger partial charge in [-0.05, 0) is 37.6 Å². The first kappa shape index (κ1) is 20.5. The molecule has 160 valence electrons. The van der Waals surface area contributed by atoms with Crippen LogP contribution in [0.1, 0.15) is 20.3 Å². The molecule has 0 spiro atoms. The van der Waals surface area contributed by atoms with Crippen LogP contribution >= 0.6 is 0 Å². The average molecular weight is 432 g/mol. The number of benzene rings is 1. The summed E-state index contributed by atoms with van der Waals surface area (Å²) in [5, 5.41) is 8.57. The van der Waals surface area contributed by atoms with E-state index in [1.165, 1.54) is 6.33 Å². The molecular weight excluding hydrogens is 406 g/mol. The highest BCUT2D eigenvalue weighted by atomic mass is 32.2. The Kier molecular flexibility index (Phi) is 5.82. The molecule has 1 aromatic carbocycles. The van der Waals surface area contributed by atoms with Gasteiger partial charge in [-0.3, -0.25) is 0 Å². The number of nitrogens with zero attached hydrogens (tertiary/aromatic N) is 7. The van der Waals surface area contributed by atoms with Gasteiger partial charge in [0.05, 0.1) is 18.0 Å². The summed E-state index contributed by atoms with van der Waals surface area (Å²) in [5.74, 6) is 1.64. The fraction of sp³-hybridized carbons (Fsp3) is 0.474. The summed E-state index contributed by atoms with van der Waals surface area (Å²) in [4.78, 5) is 10.8. The van der Waals surface area contributed by atoms with Crippen molar-refractivity contribution in [2.45, 2.75) is 20.3 Å². The first-order valence-electron chi connectivity index (χ1n) is 10.1. The summed E-state index contributed by atoms with van der Waals surface area (Å²) in [5.41, 5.74) is 2.02. The lowest BCUT2D eigenvalue weighted by Crippen LogP contribution is -2.49. The maximum Gasteiger partial charge on any atom is 0.214 e. The van der Waals surface area contributed by atoms with Crippen molar-refractivity contribution < 1.29 is 13.2 Å². The lowest BCUT2D eigenvalue weighted by atomic mass is 10.3. The van der Waals surface area contributed by atoms with Crippen molar-refractivity contribution >= 4 is 27.0 Å². The summed E-state index contributed by atoms with van der Waals surface area (Å²) < 4.78 is 33.3. The van der Waals surface area contributed by atoms with E-state index in [9.17, 15) is 8.42 Å². The van der Waals surface area contributed by atoms with Crippen LogP contribution in [0.3, 0.4) is 0 Å². The van der Waals surface area contributed by atoms with Gasteiger partial charge in [-0.1, -0.05) is 12.1 Å². The van der Waals surface area contributed by atoms with Crippen LogP contribution < -0.4 is 9.64 Å². The highest BCUT2D eigenvalue weighted by molar-refractivity contribution is 7.89. The van der Waals surface area contributed by atoms with Gasteiger partial charge in [0.1, 0.15) is 12.1 Å². The Labute approximate surface area is 175 Å². The summed E-state index contributed by atoms with van der Waals surface area (Å²) in [6, 6.07) is 7.56. The summed E-state index contributed by atoms with van der Waals surface area (Å²) >= 11 is 0. The van der Waals surface area contributed by atoms with Crippen molar-refractivity contribution in [3.8, 4) is 11.4 Å². The lowest BCUT2D eigenvalue weighted by molar-refractivity contribution is 0.340. The molecule has 1 aliphatic rings. The minimum atomic E-state index is -3.19.